The fourth-order valence-corrected chi connectivity index (χ4v) is 3.72. The van der Waals surface area contributed by atoms with E-state index in [9.17, 15) is 8.42 Å². The maximum absolute atomic E-state index is 11.3. The van der Waals surface area contributed by atoms with Crippen LogP contribution in [0.1, 0.15) is 38.0 Å². The second-order valence-corrected chi connectivity index (χ2v) is 6.87. The SMILES string of the molecule is CCC(NC1CCS(=O)(=O)CC1)c1ccco1. The molecule has 96 valence electrons. The zero-order chi connectivity index (χ0) is 12.3. The van der Waals surface area contributed by atoms with Gasteiger partial charge in [0.25, 0.3) is 0 Å². The van der Waals surface area contributed by atoms with Gasteiger partial charge in [-0.2, -0.15) is 0 Å². The molecule has 1 saturated heterocycles. The monoisotopic (exact) mass is 257 g/mol. The Hall–Kier alpha value is -0.810. The summed E-state index contributed by atoms with van der Waals surface area (Å²) in [7, 11) is -2.78. The maximum atomic E-state index is 11.3. The van der Waals surface area contributed by atoms with E-state index < -0.39 is 9.84 Å². The standard InChI is InChI=1S/C12H19NO3S/c1-2-11(12-4-3-7-16-12)13-10-5-8-17(14,15)9-6-10/h3-4,7,10-11,13H,2,5-6,8-9H2,1H3. The molecule has 2 rings (SSSR count). The minimum absolute atomic E-state index is 0.191. The number of furan rings is 1. The Kier molecular flexibility index (Phi) is 3.89. The molecule has 0 bridgehead atoms. The molecule has 0 radical (unpaired) electrons. The zero-order valence-corrected chi connectivity index (χ0v) is 10.9. The summed E-state index contributed by atoms with van der Waals surface area (Å²) in [5, 5.41) is 3.49. The van der Waals surface area contributed by atoms with Crippen molar-refractivity contribution < 1.29 is 12.8 Å². The van der Waals surface area contributed by atoms with Gasteiger partial charge < -0.3 is 9.73 Å². The Morgan fingerprint density at radius 3 is 2.71 bits per heavy atom. The van der Waals surface area contributed by atoms with E-state index in [1.54, 1.807) is 6.26 Å². The highest BCUT2D eigenvalue weighted by Crippen LogP contribution is 2.21. The topological polar surface area (TPSA) is 59.3 Å². The van der Waals surface area contributed by atoms with Gasteiger partial charge in [-0.15, -0.1) is 0 Å². The molecule has 0 spiro atoms. The smallest absolute Gasteiger partial charge is 0.150 e. The molecule has 0 aliphatic carbocycles. The van der Waals surface area contributed by atoms with Crippen LogP contribution in [0.5, 0.6) is 0 Å². The predicted octanol–water partition coefficient (Wildman–Crippen LogP) is 1.90. The molecule has 1 aromatic rings. The summed E-state index contributed by atoms with van der Waals surface area (Å²) in [6, 6.07) is 4.32. The number of hydrogen-bond donors (Lipinski definition) is 1. The molecule has 0 aromatic carbocycles. The Balaban J connectivity index is 1.92. The third kappa shape index (κ3) is 3.33. The summed E-state index contributed by atoms with van der Waals surface area (Å²) in [4.78, 5) is 0. The number of rotatable bonds is 4. The van der Waals surface area contributed by atoms with Gasteiger partial charge in [0.05, 0.1) is 23.8 Å². The molecule has 1 aliphatic heterocycles. The minimum atomic E-state index is -2.78. The van der Waals surface area contributed by atoms with E-state index in [2.05, 4.69) is 12.2 Å². The third-order valence-corrected chi connectivity index (χ3v) is 5.00. The van der Waals surface area contributed by atoms with Crippen molar-refractivity contribution in [2.24, 2.45) is 0 Å². The van der Waals surface area contributed by atoms with E-state index in [0.717, 1.165) is 12.2 Å². The van der Waals surface area contributed by atoms with Gasteiger partial charge in [-0.1, -0.05) is 6.92 Å². The van der Waals surface area contributed by atoms with Gasteiger partial charge in [-0.05, 0) is 31.4 Å². The largest absolute Gasteiger partial charge is 0.468 e. The molecule has 17 heavy (non-hydrogen) atoms. The zero-order valence-electron chi connectivity index (χ0n) is 10.1. The lowest BCUT2D eigenvalue weighted by molar-refractivity contribution is 0.349. The molecular formula is C12H19NO3S. The molecule has 0 saturated carbocycles. The highest BCUT2D eigenvalue weighted by molar-refractivity contribution is 7.91. The average molecular weight is 257 g/mol. The highest BCUT2D eigenvalue weighted by atomic mass is 32.2. The highest BCUT2D eigenvalue weighted by Gasteiger charge is 2.25. The van der Waals surface area contributed by atoms with E-state index in [-0.39, 0.29) is 12.1 Å². The van der Waals surface area contributed by atoms with Gasteiger partial charge in [-0.3, -0.25) is 0 Å². The van der Waals surface area contributed by atoms with Crippen molar-refractivity contribution in [1.82, 2.24) is 5.32 Å². The van der Waals surface area contributed by atoms with Crippen LogP contribution in [0.25, 0.3) is 0 Å². The van der Waals surface area contributed by atoms with Crippen molar-refractivity contribution in [3.63, 3.8) is 0 Å². The molecular weight excluding hydrogens is 238 g/mol. The van der Waals surface area contributed by atoms with Crippen LogP contribution in [-0.4, -0.2) is 26.0 Å². The Morgan fingerprint density at radius 1 is 1.47 bits per heavy atom. The maximum Gasteiger partial charge on any atom is 0.150 e. The molecule has 5 heteroatoms. The van der Waals surface area contributed by atoms with Crippen LogP contribution in [0.15, 0.2) is 22.8 Å². The Labute approximate surface area is 102 Å². The van der Waals surface area contributed by atoms with Crippen molar-refractivity contribution in [3.05, 3.63) is 24.2 Å². The van der Waals surface area contributed by atoms with E-state index in [4.69, 9.17) is 4.42 Å². The third-order valence-electron chi connectivity index (χ3n) is 3.29. The summed E-state index contributed by atoms with van der Waals surface area (Å²) < 4.78 is 28.1. The van der Waals surface area contributed by atoms with Gasteiger partial charge in [0, 0.05) is 6.04 Å². The fourth-order valence-electron chi connectivity index (χ4n) is 2.23. The number of sulfone groups is 1. The Bertz CT molecular complexity index is 424. The van der Waals surface area contributed by atoms with Crippen molar-refractivity contribution >= 4 is 9.84 Å². The molecule has 1 unspecified atom stereocenters. The molecule has 4 nitrogen and oxygen atoms in total. The van der Waals surface area contributed by atoms with E-state index in [1.165, 1.54) is 0 Å². The van der Waals surface area contributed by atoms with E-state index >= 15 is 0 Å². The molecule has 1 aliphatic rings. The van der Waals surface area contributed by atoms with Crippen LogP contribution in [0.3, 0.4) is 0 Å². The molecule has 2 heterocycles. The second-order valence-electron chi connectivity index (χ2n) is 4.57. The van der Waals surface area contributed by atoms with Crippen LogP contribution >= 0.6 is 0 Å². The summed E-state index contributed by atoms with van der Waals surface area (Å²) in [6.45, 7) is 2.10. The average Bonchev–Trinajstić information content (AvgIpc) is 2.81. The number of nitrogens with one attached hydrogen (secondary N) is 1. The first-order chi connectivity index (χ1) is 8.11. The van der Waals surface area contributed by atoms with Crippen LogP contribution < -0.4 is 5.32 Å². The summed E-state index contributed by atoms with van der Waals surface area (Å²) >= 11 is 0. The van der Waals surface area contributed by atoms with Crippen LogP contribution in [0.4, 0.5) is 0 Å². The predicted molar refractivity (Wildman–Crippen MR) is 66.6 cm³/mol. The molecule has 1 aromatic heterocycles. The number of hydrogen-bond acceptors (Lipinski definition) is 4. The van der Waals surface area contributed by atoms with Gasteiger partial charge >= 0.3 is 0 Å². The van der Waals surface area contributed by atoms with Crippen LogP contribution in [-0.2, 0) is 9.84 Å². The fraction of sp³-hybridized carbons (Fsp3) is 0.667. The Morgan fingerprint density at radius 2 is 2.18 bits per heavy atom. The van der Waals surface area contributed by atoms with Crippen molar-refractivity contribution in [1.29, 1.82) is 0 Å². The van der Waals surface area contributed by atoms with Gasteiger partial charge in [0.2, 0.25) is 0 Å². The second kappa shape index (κ2) is 5.23. The van der Waals surface area contributed by atoms with Crippen molar-refractivity contribution in [3.8, 4) is 0 Å². The normalized spacial score (nSPS) is 22.4. The minimum Gasteiger partial charge on any atom is -0.468 e. The van der Waals surface area contributed by atoms with Gasteiger partial charge in [0.1, 0.15) is 15.6 Å². The van der Waals surface area contributed by atoms with Gasteiger partial charge in [-0.25, -0.2) is 8.42 Å². The van der Waals surface area contributed by atoms with E-state index in [0.29, 0.717) is 24.3 Å². The quantitative estimate of drug-likeness (QED) is 0.895. The lowest BCUT2D eigenvalue weighted by atomic mass is 10.1. The lowest BCUT2D eigenvalue weighted by Gasteiger charge is -2.27. The first kappa shape index (κ1) is 12.6. The van der Waals surface area contributed by atoms with Crippen molar-refractivity contribution in [2.45, 2.75) is 38.3 Å². The first-order valence-electron chi connectivity index (χ1n) is 6.10. The van der Waals surface area contributed by atoms with Crippen molar-refractivity contribution in [2.75, 3.05) is 11.5 Å². The summed E-state index contributed by atoms with van der Waals surface area (Å²) in [6.07, 6.45) is 4.03. The molecule has 1 atom stereocenters. The lowest BCUT2D eigenvalue weighted by Crippen LogP contribution is -2.39. The van der Waals surface area contributed by atoms with Crippen LogP contribution in [0, 0.1) is 0 Å². The first-order valence-corrected chi connectivity index (χ1v) is 7.93. The van der Waals surface area contributed by atoms with Gasteiger partial charge in [0.15, 0.2) is 0 Å². The molecule has 1 fully saturated rings. The molecule has 1 N–H and O–H groups in total. The van der Waals surface area contributed by atoms with Crippen LogP contribution in [0.2, 0.25) is 0 Å². The summed E-state index contributed by atoms with van der Waals surface area (Å²) in [5.74, 6) is 1.54. The van der Waals surface area contributed by atoms with E-state index in [1.807, 2.05) is 12.1 Å². The summed E-state index contributed by atoms with van der Waals surface area (Å²) in [5.41, 5.74) is 0. The molecule has 0 amide bonds.